The van der Waals surface area contributed by atoms with E-state index < -0.39 is 6.55 Å². The number of rotatable bonds is 3. The number of aromatic nitrogens is 4. The van der Waals surface area contributed by atoms with E-state index in [1.165, 1.54) is 12.3 Å². The molecule has 2 aromatic heterocycles. The summed E-state index contributed by atoms with van der Waals surface area (Å²) in [7, 11) is 0. The van der Waals surface area contributed by atoms with E-state index in [4.69, 9.17) is 5.73 Å². The zero-order valence-electron chi connectivity index (χ0n) is 10.7. The van der Waals surface area contributed by atoms with E-state index in [0.717, 1.165) is 31.7 Å². The lowest BCUT2D eigenvalue weighted by Crippen LogP contribution is -2.19. The second-order valence-electron chi connectivity index (χ2n) is 4.62. The van der Waals surface area contributed by atoms with Crippen LogP contribution in [0.25, 0.3) is 11.4 Å². The predicted molar refractivity (Wildman–Crippen MR) is 70.4 cm³/mol. The minimum atomic E-state index is -2.67. The maximum absolute atomic E-state index is 12.5. The zero-order chi connectivity index (χ0) is 14.1. The molecule has 0 atom stereocenters. The third-order valence-electron chi connectivity index (χ3n) is 3.23. The van der Waals surface area contributed by atoms with E-state index in [1.54, 1.807) is 6.07 Å². The van der Waals surface area contributed by atoms with Gasteiger partial charge in [-0.1, -0.05) is 0 Å². The maximum atomic E-state index is 12.5. The molecule has 0 aromatic carbocycles. The van der Waals surface area contributed by atoms with Gasteiger partial charge in [-0.05, 0) is 18.9 Å². The van der Waals surface area contributed by atoms with E-state index >= 15 is 0 Å². The molecule has 0 spiro atoms. The SMILES string of the molecule is Nc1nc(-c2ccn(C(F)F)n2)cc(N2CCCC2)n1. The molecule has 0 bridgehead atoms. The van der Waals surface area contributed by atoms with Crippen LogP contribution in [-0.4, -0.2) is 32.8 Å². The highest BCUT2D eigenvalue weighted by atomic mass is 19.3. The number of nitrogen functional groups attached to an aromatic ring is 1. The lowest BCUT2D eigenvalue weighted by Gasteiger charge is -2.16. The smallest absolute Gasteiger partial charge is 0.333 e. The van der Waals surface area contributed by atoms with Crippen LogP contribution in [0.5, 0.6) is 0 Å². The molecule has 2 N–H and O–H groups in total. The minimum Gasteiger partial charge on any atom is -0.368 e. The Balaban J connectivity index is 1.95. The molecular weight excluding hydrogens is 266 g/mol. The maximum Gasteiger partial charge on any atom is 0.333 e. The van der Waals surface area contributed by atoms with Crippen molar-refractivity contribution in [2.75, 3.05) is 23.7 Å². The Bertz CT molecular complexity index is 606. The molecule has 1 aliphatic heterocycles. The standard InChI is InChI=1S/C12H14F2N6/c13-11(14)20-6-3-8(18-20)9-7-10(17-12(15)16-9)19-4-1-2-5-19/h3,6-7,11H,1-2,4-5H2,(H2,15,16,17). The van der Waals surface area contributed by atoms with Crippen LogP contribution in [0, 0.1) is 0 Å². The van der Waals surface area contributed by atoms with Crippen LogP contribution in [0.3, 0.4) is 0 Å². The van der Waals surface area contributed by atoms with E-state index in [2.05, 4.69) is 20.0 Å². The van der Waals surface area contributed by atoms with Crippen LogP contribution in [0.1, 0.15) is 19.4 Å². The van der Waals surface area contributed by atoms with Crippen molar-refractivity contribution in [3.05, 3.63) is 18.3 Å². The Morgan fingerprint density at radius 2 is 1.90 bits per heavy atom. The van der Waals surface area contributed by atoms with Crippen molar-refractivity contribution in [3.63, 3.8) is 0 Å². The number of alkyl halides is 2. The number of halogens is 2. The first-order valence-corrected chi connectivity index (χ1v) is 6.36. The van der Waals surface area contributed by atoms with Crippen LogP contribution in [0.2, 0.25) is 0 Å². The Morgan fingerprint density at radius 1 is 1.15 bits per heavy atom. The van der Waals surface area contributed by atoms with Crippen LogP contribution in [0.4, 0.5) is 20.5 Å². The summed E-state index contributed by atoms with van der Waals surface area (Å²) >= 11 is 0. The van der Waals surface area contributed by atoms with Crippen LogP contribution >= 0.6 is 0 Å². The molecule has 3 heterocycles. The second-order valence-corrected chi connectivity index (χ2v) is 4.62. The van der Waals surface area contributed by atoms with Gasteiger partial charge in [0, 0.05) is 25.4 Å². The topological polar surface area (TPSA) is 72.9 Å². The fourth-order valence-electron chi connectivity index (χ4n) is 2.28. The third kappa shape index (κ3) is 2.40. The molecule has 1 fully saturated rings. The van der Waals surface area contributed by atoms with Crippen molar-refractivity contribution in [1.82, 2.24) is 19.7 Å². The molecule has 2 aromatic rings. The Kier molecular flexibility index (Phi) is 3.21. The average Bonchev–Trinajstić information content (AvgIpc) is 3.10. The van der Waals surface area contributed by atoms with Gasteiger partial charge in [0.2, 0.25) is 5.95 Å². The predicted octanol–water partition coefficient (Wildman–Crippen LogP) is 1.92. The van der Waals surface area contributed by atoms with Crippen molar-refractivity contribution in [1.29, 1.82) is 0 Å². The van der Waals surface area contributed by atoms with E-state index in [9.17, 15) is 8.78 Å². The van der Waals surface area contributed by atoms with Gasteiger partial charge in [-0.3, -0.25) is 0 Å². The van der Waals surface area contributed by atoms with Gasteiger partial charge in [-0.15, -0.1) is 0 Å². The molecule has 0 amide bonds. The molecular formula is C12H14F2N6. The Labute approximate surface area is 114 Å². The van der Waals surface area contributed by atoms with Crippen molar-refractivity contribution in [2.45, 2.75) is 19.4 Å². The number of nitrogens with zero attached hydrogens (tertiary/aromatic N) is 5. The van der Waals surface area contributed by atoms with Crippen molar-refractivity contribution < 1.29 is 8.78 Å². The molecule has 8 heteroatoms. The van der Waals surface area contributed by atoms with Crippen molar-refractivity contribution in [2.24, 2.45) is 0 Å². The summed E-state index contributed by atoms with van der Waals surface area (Å²) in [5, 5.41) is 3.79. The molecule has 106 valence electrons. The molecule has 1 saturated heterocycles. The number of hydrogen-bond donors (Lipinski definition) is 1. The molecule has 6 nitrogen and oxygen atoms in total. The van der Waals surface area contributed by atoms with Gasteiger partial charge < -0.3 is 10.6 Å². The molecule has 3 rings (SSSR count). The fourth-order valence-corrected chi connectivity index (χ4v) is 2.28. The molecule has 20 heavy (non-hydrogen) atoms. The number of nitrogens with two attached hydrogens (primary N) is 1. The van der Waals surface area contributed by atoms with Crippen LogP contribution in [0.15, 0.2) is 18.3 Å². The first-order chi connectivity index (χ1) is 9.63. The van der Waals surface area contributed by atoms with Gasteiger partial charge in [-0.2, -0.15) is 18.9 Å². The summed E-state index contributed by atoms with van der Waals surface area (Å²) in [4.78, 5) is 10.4. The third-order valence-corrected chi connectivity index (χ3v) is 3.23. The van der Waals surface area contributed by atoms with Gasteiger partial charge in [0.1, 0.15) is 11.5 Å². The van der Waals surface area contributed by atoms with E-state index in [1.807, 2.05) is 0 Å². The van der Waals surface area contributed by atoms with Gasteiger partial charge in [-0.25, -0.2) is 9.67 Å². The highest BCUT2D eigenvalue weighted by Gasteiger charge is 2.17. The highest BCUT2D eigenvalue weighted by Crippen LogP contribution is 2.24. The molecule has 1 aliphatic rings. The Morgan fingerprint density at radius 3 is 2.55 bits per heavy atom. The summed E-state index contributed by atoms with van der Waals surface area (Å²) in [5.74, 6) is 0.840. The highest BCUT2D eigenvalue weighted by molar-refractivity contribution is 5.61. The zero-order valence-corrected chi connectivity index (χ0v) is 10.7. The number of anilines is 2. The monoisotopic (exact) mass is 280 g/mol. The average molecular weight is 280 g/mol. The molecule has 0 saturated carbocycles. The van der Waals surface area contributed by atoms with Gasteiger partial charge in [0.25, 0.3) is 0 Å². The van der Waals surface area contributed by atoms with E-state index in [0.29, 0.717) is 16.1 Å². The van der Waals surface area contributed by atoms with Gasteiger partial charge >= 0.3 is 6.55 Å². The second kappa shape index (κ2) is 5.03. The summed E-state index contributed by atoms with van der Waals surface area (Å²) in [5.41, 5.74) is 6.52. The number of hydrogen-bond acceptors (Lipinski definition) is 5. The summed E-state index contributed by atoms with van der Waals surface area (Å²) in [6.45, 7) is -0.830. The minimum absolute atomic E-state index is 0.121. The van der Waals surface area contributed by atoms with Gasteiger partial charge in [0.05, 0.1) is 5.69 Å². The van der Waals surface area contributed by atoms with E-state index in [-0.39, 0.29) is 5.95 Å². The molecule has 0 unspecified atom stereocenters. The van der Waals surface area contributed by atoms with Crippen LogP contribution in [-0.2, 0) is 0 Å². The Hall–Kier alpha value is -2.25. The fraction of sp³-hybridized carbons (Fsp3) is 0.417. The normalized spacial score (nSPS) is 15.2. The summed E-state index contributed by atoms with van der Waals surface area (Å²) in [6, 6.07) is 3.22. The lowest BCUT2D eigenvalue weighted by atomic mass is 10.3. The first-order valence-electron chi connectivity index (χ1n) is 6.36. The van der Waals surface area contributed by atoms with Crippen molar-refractivity contribution in [3.8, 4) is 11.4 Å². The van der Waals surface area contributed by atoms with Crippen LogP contribution < -0.4 is 10.6 Å². The van der Waals surface area contributed by atoms with Crippen molar-refractivity contribution >= 4 is 11.8 Å². The molecule has 0 radical (unpaired) electrons. The lowest BCUT2D eigenvalue weighted by molar-refractivity contribution is 0.0568. The molecule has 0 aliphatic carbocycles. The first kappa shape index (κ1) is 12.8. The van der Waals surface area contributed by atoms with Gasteiger partial charge in [0.15, 0.2) is 0 Å². The summed E-state index contributed by atoms with van der Waals surface area (Å²) < 4.78 is 25.7. The largest absolute Gasteiger partial charge is 0.368 e. The summed E-state index contributed by atoms with van der Waals surface area (Å²) in [6.07, 6.45) is 3.44. The quantitative estimate of drug-likeness (QED) is 0.929.